The minimum Gasteiger partial charge on any atom is -0.842 e. The van der Waals surface area contributed by atoms with E-state index in [1.165, 1.54) is 39.7 Å². The molecule has 0 saturated heterocycles. The Hall–Kier alpha value is -2.39. The van der Waals surface area contributed by atoms with Crippen molar-refractivity contribution in [2.45, 2.75) is 25.1 Å². The van der Waals surface area contributed by atoms with E-state index >= 15 is 0 Å². The fourth-order valence-electron chi connectivity index (χ4n) is 3.57. The monoisotopic (exact) mass is 427 g/mol. The van der Waals surface area contributed by atoms with Crippen molar-refractivity contribution in [3.05, 3.63) is 61.5 Å². The molecule has 1 aliphatic heterocycles. The van der Waals surface area contributed by atoms with Crippen LogP contribution < -0.4 is 15.2 Å². The topological polar surface area (TPSA) is 61.8 Å². The minimum absolute atomic E-state index is 0.0521. The van der Waals surface area contributed by atoms with E-state index in [9.17, 15) is 23.1 Å². The molecule has 4 rings (SSSR count). The molecule has 1 atom stereocenters. The van der Waals surface area contributed by atoms with Crippen LogP contribution in [0, 0.1) is 0 Å². The lowest BCUT2D eigenvalue weighted by Crippen LogP contribution is -2.47. The van der Waals surface area contributed by atoms with Gasteiger partial charge in [-0.05, 0) is 17.7 Å². The van der Waals surface area contributed by atoms with Crippen LogP contribution in [0.15, 0.2) is 35.3 Å². The van der Waals surface area contributed by atoms with Gasteiger partial charge >= 0.3 is 11.7 Å². The second-order valence-corrected chi connectivity index (χ2v) is 8.12. The summed E-state index contributed by atoms with van der Waals surface area (Å²) in [6.07, 6.45) is -1.93. The summed E-state index contributed by atoms with van der Waals surface area (Å²) in [4.78, 5) is 17.6. The molecule has 0 bridgehead atoms. The van der Waals surface area contributed by atoms with Gasteiger partial charge in [0.1, 0.15) is 11.6 Å². The van der Waals surface area contributed by atoms with Crippen molar-refractivity contribution in [1.29, 1.82) is 0 Å². The van der Waals surface area contributed by atoms with E-state index < -0.39 is 23.2 Å². The summed E-state index contributed by atoms with van der Waals surface area (Å²) in [6, 6.07) is 3.91. The van der Waals surface area contributed by atoms with Crippen LogP contribution in [0.1, 0.15) is 28.7 Å². The van der Waals surface area contributed by atoms with E-state index in [4.69, 9.17) is 11.6 Å². The van der Waals surface area contributed by atoms with E-state index in [0.717, 1.165) is 17.0 Å². The fourth-order valence-corrected chi connectivity index (χ4v) is 4.65. The van der Waals surface area contributed by atoms with Gasteiger partial charge in [0.05, 0.1) is 29.8 Å². The third kappa shape index (κ3) is 2.98. The Morgan fingerprint density at radius 3 is 2.79 bits per heavy atom. The third-order valence-electron chi connectivity index (χ3n) is 4.87. The molecule has 0 unspecified atom stereocenters. The summed E-state index contributed by atoms with van der Waals surface area (Å²) >= 11 is 7.14. The second-order valence-electron chi connectivity index (χ2n) is 6.48. The van der Waals surface area contributed by atoms with E-state index in [-0.39, 0.29) is 17.2 Å². The van der Waals surface area contributed by atoms with E-state index in [1.807, 2.05) is 0 Å². The smallest absolute Gasteiger partial charge is 0.416 e. The largest absolute Gasteiger partial charge is 0.842 e. The van der Waals surface area contributed by atoms with Crippen molar-refractivity contribution >= 4 is 22.9 Å². The first kappa shape index (κ1) is 18.9. The second kappa shape index (κ2) is 6.59. The minimum atomic E-state index is -4.57. The molecule has 10 heteroatoms. The quantitative estimate of drug-likeness (QED) is 0.590. The molecule has 0 fully saturated rings. The Kier molecular flexibility index (Phi) is 4.46. The van der Waals surface area contributed by atoms with Crippen molar-refractivity contribution in [3.63, 3.8) is 0 Å². The zero-order chi connectivity index (χ0) is 20.2. The molecule has 0 radical (unpaired) electrons. The summed E-state index contributed by atoms with van der Waals surface area (Å²) < 4.78 is 42.4. The van der Waals surface area contributed by atoms with Crippen LogP contribution in [0.5, 0.6) is 5.88 Å². The zero-order valence-electron chi connectivity index (χ0n) is 14.5. The van der Waals surface area contributed by atoms with Crippen molar-refractivity contribution in [1.82, 2.24) is 9.55 Å². The van der Waals surface area contributed by atoms with Gasteiger partial charge in [-0.1, -0.05) is 23.7 Å². The number of alkyl halides is 3. The molecule has 2 aromatic heterocycles. The highest BCUT2D eigenvalue weighted by Gasteiger charge is 2.37. The van der Waals surface area contributed by atoms with E-state index in [0.29, 0.717) is 23.1 Å². The Morgan fingerprint density at radius 1 is 1.39 bits per heavy atom. The molecule has 1 aliphatic rings. The Bertz CT molecular complexity index is 1140. The van der Waals surface area contributed by atoms with Crippen LogP contribution in [0.25, 0.3) is 11.1 Å². The maximum atomic E-state index is 13.2. The molecule has 0 N–H and O–H groups in total. The molecule has 146 valence electrons. The first-order valence-electron chi connectivity index (χ1n) is 8.31. The summed E-state index contributed by atoms with van der Waals surface area (Å²) in [5, 5.41) is 13.2. The maximum absolute atomic E-state index is 13.2. The molecule has 3 heterocycles. The van der Waals surface area contributed by atoms with Crippen molar-refractivity contribution < 1.29 is 22.8 Å². The van der Waals surface area contributed by atoms with Crippen molar-refractivity contribution in [2.75, 3.05) is 0 Å². The summed E-state index contributed by atoms with van der Waals surface area (Å²) in [7, 11) is 1.52. The normalized spacial score (nSPS) is 16.4. The Morgan fingerprint density at radius 2 is 2.14 bits per heavy atom. The molecule has 5 nitrogen and oxygen atoms in total. The molecule has 0 aliphatic carbocycles. The van der Waals surface area contributed by atoms with Gasteiger partial charge in [-0.25, -0.2) is 14.3 Å². The maximum Gasteiger partial charge on any atom is 0.416 e. The number of halogens is 4. The highest BCUT2D eigenvalue weighted by molar-refractivity contribution is 7.15. The highest BCUT2D eigenvalue weighted by atomic mass is 35.5. The van der Waals surface area contributed by atoms with Gasteiger partial charge in [0.15, 0.2) is 4.47 Å². The Labute approximate surface area is 166 Å². The van der Waals surface area contributed by atoms with Crippen LogP contribution >= 0.6 is 22.9 Å². The lowest BCUT2D eigenvalue weighted by molar-refractivity contribution is -0.747. The summed E-state index contributed by atoms with van der Waals surface area (Å²) in [6.45, 7) is 0. The number of aromatic nitrogens is 3. The van der Waals surface area contributed by atoms with Gasteiger partial charge in [0, 0.05) is 12.6 Å². The number of nitrogens with zero attached hydrogens (tertiary/aromatic N) is 3. The number of rotatable bonds is 2. The van der Waals surface area contributed by atoms with Gasteiger partial charge in [-0.2, -0.15) is 17.7 Å². The van der Waals surface area contributed by atoms with Gasteiger partial charge in [-0.15, -0.1) is 11.3 Å². The number of hydrogen-bond donors (Lipinski definition) is 0. The highest BCUT2D eigenvalue weighted by Crippen LogP contribution is 2.35. The van der Waals surface area contributed by atoms with Crippen LogP contribution in [-0.4, -0.2) is 9.55 Å². The molecular weight excluding hydrogens is 415 g/mol. The predicted octanol–water partition coefficient (Wildman–Crippen LogP) is 3.08. The van der Waals surface area contributed by atoms with E-state index in [2.05, 4.69) is 4.98 Å². The average Bonchev–Trinajstić information content (AvgIpc) is 3.26. The van der Waals surface area contributed by atoms with Gasteiger partial charge < -0.3 is 5.11 Å². The van der Waals surface area contributed by atoms with E-state index in [1.54, 1.807) is 6.20 Å². The molecule has 0 spiro atoms. The molecule has 3 aromatic rings. The summed E-state index contributed by atoms with van der Waals surface area (Å²) in [5.41, 5.74) is -1.86. The standard InChI is InChI=1S/C18H13ClF3N3O2S/c1-24-13-6-5-11(12-8-23-17(19)28-12)25(13)16(27)14(15(24)26)9-3-2-4-10(7-9)18(20,21)22/h2-4,7-8,11H,5-6H2,1H3/t11-/m1/s1. The molecule has 0 amide bonds. The SMILES string of the molecule is Cn1c2[n+](c([O-])c(-c3cccc(C(F)(F)F)c3)c1=O)[C@@H](c1cnc(Cl)s1)CC2. The fraction of sp³-hybridized carbons (Fsp3) is 0.278. The zero-order valence-corrected chi connectivity index (χ0v) is 16.0. The number of fused-ring (bicyclic) bond motifs is 1. The van der Waals surface area contributed by atoms with Gasteiger partial charge in [-0.3, -0.25) is 0 Å². The first-order valence-corrected chi connectivity index (χ1v) is 9.51. The molecular formula is C18H13ClF3N3O2S. The Balaban J connectivity index is 1.94. The summed E-state index contributed by atoms with van der Waals surface area (Å²) in [5.74, 6) is -0.0790. The van der Waals surface area contributed by atoms with Crippen LogP contribution in [-0.2, 0) is 19.6 Å². The van der Waals surface area contributed by atoms with Gasteiger partial charge in [0.25, 0.3) is 5.82 Å². The van der Waals surface area contributed by atoms with Crippen molar-refractivity contribution in [3.8, 4) is 17.0 Å². The number of hydrogen-bond acceptors (Lipinski definition) is 4. The van der Waals surface area contributed by atoms with Crippen LogP contribution in [0.2, 0.25) is 4.47 Å². The number of benzene rings is 1. The van der Waals surface area contributed by atoms with Gasteiger partial charge in [0.2, 0.25) is 0 Å². The van der Waals surface area contributed by atoms with Crippen LogP contribution in [0.4, 0.5) is 13.2 Å². The number of thiazole rings is 1. The predicted molar refractivity (Wildman–Crippen MR) is 95.3 cm³/mol. The molecule has 0 saturated carbocycles. The van der Waals surface area contributed by atoms with Crippen LogP contribution in [0.3, 0.4) is 0 Å². The lowest BCUT2D eigenvalue weighted by Gasteiger charge is -2.20. The molecule has 1 aromatic carbocycles. The van der Waals surface area contributed by atoms with Crippen molar-refractivity contribution in [2.24, 2.45) is 7.05 Å². The molecule has 28 heavy (non-hydrogen) atoms. The third-order valence-corrected chi connectivity index (χ3v) is 6.09. The average molecular weight is 428 g/mol. The lowest BCUT2D eigenvalue weighted by atomic mass is 10.0. The first-order chi connectivity index (χ1) is 13.2.